The summed E-state index contributed by atoms with van der Waals surface area (Å²) in [5, 5.41) is 0. The van der Waals surface area contributed by atoms with E-state index in [1.165, 1.54) is 0 Å². The van der Waals surface area contributed by atoms with Gasteiger partial charge in [-0.05, 0) is 0 Å². The van der Waals surface area contributed by atoms with E-state index in [9.17, 15) is 0 Å². The Morgan fingerprint density at radius 2 is 0.286 bits per heavy atom. The fourth-order valence-electron chi connectivity index (χ4n) is 0. The molecule has 0 heterocycles. The van der Waals surface area contributed by atoms with Crippen LogP contribution in [0.3, 0.4) is 0 Å². The van der Waals surface area contributed by atoms with E-state index >= 15 is 0 Å². The van der Waals surface area contributed by atoms with Gasteiger partial charge in [-0.15, -0.1) is 0 Å². The van der Waals surface area contributed by atoms with Gasteiger partial charge in [0.15, 0.2) is 0 Å². The summed E-state index contributed by atoms with van der Waals surface area (Å²) in [6.45, 7) is 0. The van der Waals surface area contributed by atoms with Gasteiger partial charge in [-0.1, -0.05) is 0 Å². The molecule has 0 nitrogen and oxygen atoms in total. The van der Waals surface area contributed by atoms with Crippen LogP contribution in [0.15, 0.2) is 0 Å². The first-order chi connectivity index (χ1) is 0. The summed E-state index contributed by atoms with van der Waals surface area (Å²) in [5.74, 6) is 0. The third-order valence-electron chi connectivity index (χ3n) is 0. The smallest absolute Gasteiger partial charge is 0.813 e. The molecule has 0 aliphatic rings. The molecule has 0 aliphatic heterocycles. The van der Waals surface area contributed by atoms with Crippen LogP contribution in [-0.2, 0) is 102 Å². The van der Waals surface area contributed by atoms with Crippen molar-refractivity contribution in [3.8, 4) is 0 Å². The van der Waals surface area contributed by atoms with Crippen molar-refractivity contribution in [3.63, 3.8) is 0 Å². The van der Waals surface area contributed by atoms with Crippen LogP contribution in [0.25, 0.3) is 0 Å². The van der Waals surface area contributed by atoms with Gasteiger partial charge >= 0.3 is 21.1 Å². The van der Waals surface area contributed by atoms with Gasteiger partial charge in [-0.2, -0.15) is 0 Å². The van der Waals surface area contributed by atoms with Crippen LogP contribution in [0.4, 0.5) is 0 Å². The molecule has 0 aromatic carbocycles. The summed E-state index contributed by atoms with van der Waals surface area (Å²) < 4.78 is 0. The average molecular weight is 294 g/mol. The van der Waals surface area contributed by atoms with E-state index in [1.54, 1.807) is 0 Å². The van der Waals surface area contributed by atoms with E-state index in [-0.39, 0.29) is 102 Å². The van der Waals surface area contributed by atoms with E-state index in [2.05, 4.69) is 0 Å². The molecule has 0 fully saturated rings. The zero-order valence-electron chi connectivity index (χ0n) is 3.09. The van der Waals surface area contributed by atoms with Gasteiger partial charge in [-0.3, -0.25) is 0 Å². The number of rotatable bonds is 0. The van der Waals surface area contributed by atoms with E-state index in [0.717, 1.165) is 0 Å². The van der Waals surface area contributed by atoms with E-state index in [4.69, 9.17) is 0 Å². The molecule has 48 valence electrons. The first kappa shape index (κ1) is 97.2. The van der Waals surface area contributed by atoms with Crippen LogP contribution in [0.2, 0.25) is 0 Å². The van der Waals surface area contributed by atoms with Gasteiger partial charge < -0.3 is 81.0 Å². The van der Waals surface area contributed by atoms with Gasteiger partial charge in [-0.25, -0.2) is 0 Å². The number of thiol groups is 6. The minimum absolute atomic E-state index is 0. The summed E-state index contributed by atoms with van der Waals surface area (Å²) in [6, 6.07) is 0. The number of hydrogen-bond donors (Lipinski definition) is 0. The minimum Gasteiger partial charge on any atom is -0.813 e. The second kappa shape index (κ2) is 68.6. The summed E-state index contributed by atoms with van der Waals surface area (Å²) in [5.41, 5.74) is 0. The SMILES string of the molecule is [Mo+6].[SH-].[SH-].[SH-].[SH-].[SH-].[SH-]. The average Bonchev–Trinajstić information content (AvgIpc) is 0. The molecule has 0 N–H and O–H groups in total. The molecule has 0 unspecified atom stereocenters. The standard InChI is InChI=1S/Mo.6H2S/h;6*1H2/q+6;;;;;;/p-6. The molecule has 0 atom stereocenters. The zero-order valence-corrected chi connectivity index (χ0v) is 10.5. The Balaban J connectivity index is 0. The van der Waals surface area contributed by atoms with Crippen molar-refractivity contribution >= 4 is 81.0 Å². The third-order valence-corrected chi connectivity index (χ3v) is 0. The van der Waals surface area contributed by atoms with Crippen LogP contribution in [0.5, 0.6) is 0 Å². The van der Waals surface area contributed by atoms with Crippen molar-refractivity contribution in [2.24, 2.45) is 0 Å². The first-order valence-corrected chi connectivity index (χ1v) is 0. The first-order valence-electron chi connectivity index (χ1n) is 0. The Morgan fingerprint density at radius 3 is 0.286 bits per heavy atom. The molecule has 0 rings (SSSR count). The fourth-order valence-corrected chi connectivity index (χ4v) is 0. The summed E-state index contributed by atoms with van der Waals surface area (Å²) in [7, 11) is 0. The molecule has 0 radical (unpaired) electrons. The Labute approximate surface area is 101 Å². The minimum atomic E-state index is 0. The van der Waals surface area contributed by atoms with E-state index in [1.807, 2.05) is 0 Å². The van der Waals surface area contributed by atoms with Crippen molar-refractivity contribution in [2.75, 3.05) is 0 Å². The Morgan fingerprint density at radius 1 is 0.286 bits per heavy atom. The van der Waals surface area contributed by atoms with E-state index in [0.29, 0.717) is 0 Å². The molecule has 0 aromatic heterocycles. The molecular weight excluding hydrogens is 288 g/mol. The van der Waals surface area contributed by atoms with Gasteiger partial charge in [0.25, 0.3) is 0 Å². The van der Waals surface area contributed by atoms with Crippen molar-refractivity contribution in [2.45, 2.75) is 0 Å². The second-order valence-corrected chi connectivity index (χ2v) is 0. The topological polar surface area (TPSA) is 0 Å². The predicted molar refractivity (Wildman–Crippen MR) is 52.6 cm³/mol. The molecular formula is H6MoS6. The van der Waals surface area contributed by atoms with Crippen LogP contribution < -0.4 is 0 Å². The maximum absolute atomic E-state index is 0. The Bertz CT molecular complexity index is 4.14. The largest absolute Gasteiger partial charge is 6.00 e. The third kappa shape index (κ3) is 52.1. The molecule has 7 heteroatoms. The van der Waals surface area contributed by atoms with Crippen molar-refractivity contribution in [1.82, 2.24) is 0 Å². The quantitative estimate of drug-likeness (QED) is 0.297. The molecule has 0 bridgehead atoms. The molecule has 0 saturated carbocycles. The van der Waals surface area contributed by atoms with Gasteiger partial charge in [0.05, 0.1) is 0 Å². The maximum Gasteiger partial charge on any atom is 6.00 e. The normalized spacial score (nSPS) is 0. The van der Waals surface area contributed by atoms with Gasteiger partial charge in [0.1, 0.15) is 0 Å². The van der Waals surface area contributed by atoms with E-state index < -0.39 is 0 Å². The van der Waals surface area contributed by atoms with Crippen molar-refractivity contribution in [1.29, 1.82) is 0 Å². The molecule has 7 heavy (non-hydrogen) atoms. The number of hydrogen-bond acceptors (Lipinski definition) is 6. The fraction of sp³-hybridized carbons (Fsp3) is 0. The maximum atomic E-state index is 0. The molecule has 0 spiro atoms. The second-order valence-electron chi connectivity index (χ2n) is 0. The Kier molecular flexibility index (Phi) is 952. The molecule has 0 saturated heterocycles. The summed E-state index contributed by atoms with van der Waals surface area (Å²) >= 11 is 0. The summed E-state index contributed by atoms with van der Waals surface area (Å²) in [4.78, 5) is 0. The van der Waals surface area contributed by atoms with Crippen molar-refractivity contribution in [3.05, 3.63) is 0 Å². The molecule has 0 aromatic rings. The van der Waals surface area contributed by atoms with Gasteiger partial charge in [0.2, 0.25) is 0 Å². The zero-order chi connectivity index (χ0) is 0. The van der Waals surface area contributed by atoms with Crippen LogP contribution >= 0.6 is 0 Å². The van der Waals surface area contributed by atoms with Crippen LogP contribution in [0, 0.1) is 0 Å². The Hall–Kier alpha value is 2.79. The van der Waals surface area contributed by atoms with Crippen LogP contribution in [-0.4, -0.2) is 0 Å². The molecule has 0 aliphatic carbocycles. The van der Waals surface area contributed by atoms with Crippen molar-refractivity contribution < 1.29 is 21.1 Å². The van der Waals surface area contributed by atoms with Crippen LogP contribution in [0.1, 0.15) is 0 Å². The summed E-state index contributed by atoms with van der Waals surface area (Å²) in [6.07, 6.45) is 0. The monoisotopic (exact) mass is 296 g/mol. The predicted octanol–water partition coefficient (Wildman–Crippen LogP) is -1.62. The molecule has 0 amide bonds. The van der Waals surface area contributed by atoms with Gasteiger partial charge in [0, 0.05) is 0 Å².